The molecule has 5 nitrogen and oxygen atoms in total. The topological polar surface area (TPSA) is 67.8 Å². The zero-order chi connectivity index (χ0) is 13.2. The summed E-state index contributed by atoms with van der Waals surface area (Å²) in [7, 11) is -3.58. The van der Waals surface area contributed by atoms with Crippen molar-refractivity contribution in [3.63, 3.8) is 0 Å². The number of ether oxygens (including phenoxy) is 1. The minimum absolute atomic E-state index is 0.104. The molecule has 1 fully saturated rings. The zero-order valence-corrected chi connectivity index (χ0v) is 11.2. The van der Waals surface area contributed by atoms with Crippen LogP contribution in [0, 0.1) is 6.92 Å². The van der Waals surface area contributed by atoms with Gasteiger partial charge in [-0.05, 0) is 26.0 Å². The van der Waals surface area contributed by atoms with Crippen LogP contribution in [0.3, 0.4) is 0 Å². The van der Waals surface area contributed by atoms with Crippen LogP contribution in [0.2, 0.25) is 0 Å². The molecule has 0 radical (unpaired) electrons. The number of sulfonamides is 1. The highest BCUT2D eigenvalue weighted by molar-refractivity contribution is 7.89. The largest absolute Gasteiger partial charge is 0.372 e. The van der Waals surface area contributed by atoms with Crippen molar-refractivity contribution in [3.05, 3.63) is 29.8 Å². The SMILES string of the molecule is Cc1ccc(S(=O)(=O)N/N=C2\CO[C@H](C)C2)cc1. The molecular weight excluding hydrogens is 252 g/mol. The Kier molecular flexibility index (Phi) is 3.68. The van der Waals surface area contributed by atoms with Crippen molar-refractivity contribution in [1.82, 2.24) is 4.83 Å². The van der Waals surface area contributed by atoms with E-state index in [-0.39, 0.29) is 11.0 Å². The van der Waals surface area contributed by atoms with Crippen molar-refractivity contribution in [1.29, 1.82) is 0 Å². The Balaban J connectivity index is 2.10. The first kappa shape index (κ1) is 13.0. The Morgan fingerprint density at radius 1 is 1.33 bits per heavy atom. The Labute approximate surface area is 107 Å². The van der Waals surface area contributed by atoms with Crippen LogP contribution in [0.25, 0.3) is 0 Å². The summed E-state index contributed by atoms with van der Waals surface area (Å²) in [5.74, 6) is 0. The fourth-order valence-electron chi connectivity index (χ4n) is 1.66. The van der Waals surface area contributed by atoms with Crippen molar-refractivity contribution < 1.29 is 13.2 Å². The van der Waals surface area contributed by atoms with Crippen LogP contribution in [-0.4, -0.2) is 26.8 Å². The molecule has 1 saturated heterocycles. The lowest BCUT2D eigenvalue weighted by molar-refractivity contribution is 0.130. The Bertz CT molecular complexity index is 549. The van der Waals surface area contributed by atoms with Crippen LogP contribution in [-0.2, 0) is 14.8 Å². The number of hydrogen-bond donors (Lipinski definition) is 1. The fourth-order valence-corrected chi connectivity index (χ4v) is 2.51. The van der Waals surface area contributed by atoms with Crippen LogP contribution < -0.4 is 4.83 Å². The molecule has 98 valence electrons. The predicted molar refractivity (Wildman–Crippen MR) is 69.0 cm³/mol. The molecule has 18 heavy (non-hydrogen) atoms. The molecule has 0 bridgehead atoms. The molecule has 6 heteroatoms. The summed E-state index contributed by atoms with van der Waals surface area (Å²) in [4.78, 5) is 2.45. The third kappa shape index (κ3) is 3.08. The molecule has 2 rings (SSSR count). The second-order valence-electron chi connectivity index (χ2n) is 4.41. The first-order valence-corrected chi connectivity index (χ1v) is 7.21. The maximum Gasteiger partial charge on any atom is 0.276 e. The molecule has 1 aliphatic rings. The van der Waals surface area contributed by atoms with E-state index in [0.29, 0.717) is 13.0 Å². The van der Waals surface area contributed by atoms with Gasteiger partial charge in [-0.2, -0.15) is 13.5 Å². The summed E-state index contributed by atoms with van der Waals surface area (Å²) in [5.41, 5.74) is 1.73. The number of nitrogens with zero attached hydrogens (tertiary/aromatic N) is 1. The number of hydrazone groups is 1. The molecule has 1 aliphatic heterocycles. The Morgan fingerprint density at radius 2 is 2.00 bits per heavy atom. The summed E-state index contributed by atoms with van der Waals surface area (Å²) in [5, 5.41) is 3.90. The average Bonchev–Trinajstić information content (AvgIpc) is 2.73. The van der Waals surface area contributed by atoms with Crippen molar-refractivity contribution in [2.45, 2.75) is 31.3 Å². The van der Waals surface area contributed by atoms with Gasteiger partial charge in [-0.1, -0.05) is 17.7 Å². The molecule has 1 heterocycles. The van der Waals surface area contributed by atoms with Gasteiger partial charge in [0.05, 0.1) is 23.3 Å². The molecular formula is C12H16N2O3S. The Hall–Kier alpha value is -1.40. The number of rotatable bonds is 3. The highest BCUT2D eigenvalue weighted by atomic mass is 32.2. The van der Waals surface area contributed by atoms with Crippen molar-refractivity contribution in [2.75, 3.05) is 6.61 Å². The highest BCUT2D eigenvalue weighted by Gasteiger charge is 2.18. The van der Waals surface area contributed by atoms with Crippen LogP contribution in [0.15, 0.2) is 34.3 Å². The molecule has 1 aromatic rings. The van der Waals surface area contributed by atoms with Crippen LogP contribution in [0.1, 0.15) is 18.9 Å². The average molecular weight is 268 g/mol. The van der Waals surface area contributed by atoms with Crippen LogP contribution in [0.4, 0.5) is 0 Å². The van der Waals surface area contributed by atoms with Crippen molar-refractivity contribution in [3.8, 4) is 0 Å². The van der Waals surface area contributed by atoms with E-state index in [0.717, 1.165) is 11.3 Å². The van der Waals surface area contributed by atoms with Crippen molar-refractivity contribution >= 4 is 15.7 Å². The minimum Gasteiger partial charge on any atom is -0.372 e. The highest BCUT2D eigenvalue weighted by Crippen LogP contribution is 2.12. The summed E-state index contributed by atoms with van der Waals surface area (Å²) < 4.78 is 29.1. The fraction of sp³-hybridized carbons (Fsp3) is 0.417. The van der Waals surface area contributed by atoms with Gasteiger partial charge in [0.15, 0.2) is 0 Å². The van der Waals surface area contributed by atoms with E-state index in [1.807, 2.05) is 13.8 Å². The molecule has 0 amide bonds. The van der Waals surface area contributed by atoms with Gasteiger partial charge >= 0.3 is 0 Å². The van der Waals surface area contributed by atoms with E-state index in [1.165, 1.54) is 0 Å². The van der Waals surface area contributed by atoms with Crippen LogP contribution >= 0.6 is 0 Å². The lowest BCUT2D eigenvalue weighted by Crippen LogP contribution is -2.20. The van der Waals surface area contributed by atoms with E-state index in [1.54, 1.807) is 24.3 Å². The number of hydrogen-bond acceptors (Lipinski definition) is 4. The van der Waals surface area contributed by atoms with Gasteiger partial charge in [0.2, 0.25) is 0 Å². The monoisotopic (exact) mass is 268 g/mol. The van der Waals surface area contributed by atoms with Gasteiger partial charge in [-0.3, -0.25) is 0 Å². The summed E-state index contributed by atoms with van der Waals surface area (Å²) in [6.07, 6.45) is 0.767. The maximum absolute atomic E-state index is 11.9. The van der Waals surface area contributed by atoms with E-state index in [9.17, 15) is 8.42 Å². The van der Waals surface area contributed by atoms with E-state index >= 15 is 0 Å². The lowest BCUT2D eigenvalue weighted by Gasteiger charge is -2.04. The van der Waals surface area contributed by atoms with Gasteiger partial charge in [0.25, 0.3) is 10.0 Å². The standard InChI is InChI=1S/C12H16N2O3S/c1-9-3-5-12(6-4-9)18(15,16)14-13-11-7-10(2)17-8-11/h3-6,10,14H,7-8H2,1-2H3/b13-11-/t10-/m1/s1. The minimum atomic E-state index is -3.58. The lowest BCUT2D eigenvalue weighted by atomic mass is 10.2. The number of benzene rings is 1. The Morgan fingerprint density at radius 3 is 2.56 bits per heavy atom. The first-order valence-electron chi connectivity index (χ1n) is 5.73. The molecule has 0 aliphatic carbocycles. The van der Waals surface area contributed by atoms with E-state index in [4.69, 9.17) is 4.74 Å². The van der Waals surface area contributed by atoms with Crippen LogP contribution in [0.5, 0.6) is 0 Å². The number of aryl methyl sites for hydroxylation is 1. The summed E-state index contributed by atoms with van der Waals surface area (Å²) in [6.45, 7) is 4.22. The quantitative estimate of drug-likeness (QED) is 0.843. The van der Waals surface area contributed by atoms with Gasteiger partial charge in [-0.15, -0.1) is 0 Å². The predicted octanol–water partition coefficient (Wildman–Crippen LogP) is 1.44. The normalized spacial score (nSPS) is 22.3. The van der Waals surface area contributed by atoms with Gasteiger partial charge < -0.3 is 4.74 Å². The van der Waals surface area contributed by atoms with Gasteiger partial charge in [-0.25, -0.2) is 4.83 Å². The van der Waals surface area contributed by atoms with Crippen molar-refractivity contribution in [2.24, 2.45) is 5.10 Å². The molecule has 0 unspecified atom stereocenters. The molecule has 1 atom stereocenters. The van der Waals surface area contributed by atoms with Gasteiger partial charge in [0.1, 0.15) is 0 Å². The smallest absolute Gasteiger partial charge is 0.276 e. The van der Waals surface area contributed by atoms with E-state index < -0.39 is 10.0 Å². The van der Waals surface area contributed by atoms with E-state index in [2.05, 4.69) is 9.93 Å². The number of nitrogens with one attached hydrogen (secondary N) is 1. The molecule has 1 aromatic carbocycles. The summed E-state index contributed by atoms with van der Waals surface area (Å²) in [6, 6.07) is 6.63. The maximum atomic E-state index is 11.9. The molecule has 0 saturated carbocycles. The zero-order valence-electron chi connectivity index (χ0n) is 10.4. The van der Waals surface area contributed by atoms with Gasteiger partial charge in [0, 0.05) is 6.42 Å². The summed E-state index contributed by atoms with van der Waals surface area (Å²) >= 11 is 0. The molecule has 0 aromatic heterocycles. The first-order chi connectivity index (χ1) is 8.47. The third-order valence-corrected chi connectivity index (χ3v) is 3.94. The third-order valence-electron chi connectivity index (χ3n) is 2.71. The molecule has 1 N–H and O–H groups in total. The molecule has 0 spiro atoms. The second kappa shape index (κ2) is 5.07. The second-order valence-corrected chi connectivity index (χ2v) is 6.07.